The summed E-state index contributed by atoms with van der Waals surface area (Å²) < 4.78 is 1.03. The molecular formula is C6H4N2OS. The van der Waals surface area contributed by atoms with E-state index in [-0.39, 0.29) is 0 Å². The van der Waals surface area contributed by atoms with Gasteiger partial charge in [-0.15, -0.1) is 11.3 Å². The number of thiazole rings is 1. The van der Waals surface area contributed by atoms with Gasteiger partial charge in [0.15, 0.2) is 6.29 Å². The van der Waals surface area contributed by atoms with Crippen molar-refractivity contribution in [3.8, 4) is 0 Å². The lowest BCUT2D eigenvalue weighted by Gasteiger charge is -1.73. The summed E-state index contributed by atoms with van der Waals surface area (Å²) in [6.45, 7) is 0. The summed E-state index contributed by atoms with van der Waals surface area (Å²) in [5.74, 6) is 0. The number of aldehydes is 1. The molecule has 1 N–H and O–H groups in total. The van der Waals surface area contributed by atoms with Crippen molar-refractivity contribution in [2.45, 2.75) is 0 Å². The number of carbonyl (C=O) groups is 1. The van der Waals surface area contributed by atoms with Crippen LogP contribution in [0.2, 0.25) is 0 Å². The van der Waals surface area contributed by atoms with Crippen LogP contribution in [0.1, 0.15) is 10.5 Å². The summed E-state index contributed by atoms with van der Waals surface area (Å²) in [5.41, 5.74) is 3.14. The van der Waals surface area contributed by atoms with Crippen LogP contribution in [0.25, 0.3) is 10.3 Å². The first kappa shape index (κ1) is 5.61. The molecule has 0 aliphatic heterocycles. The molecule has 4 heteroatoms. The van der Waals surface area contributed by atoms with Gasteiger partial charge in [0.1, 0.15) is 5.65 Å². The summed E-state index contributed by atoms with van der Waals surface area (Å²) >= 11 is 1.52. The van der Waals surface area contributed by atoms with Crippen LogP contribution in [0.5, 0.6) is 0 Å². The first-order valence-electron chi connectivity index (χ1n) is 2.77. The van der Waals surface area contributed by atoms with Crippen molar-refractivity contribution in [1.82, 2.24) is 9.97 Å². The maximum absolute atomic E-state index is 10.2. The molecule has 0 unspecified atom stereocenters. The Morgan fingerprint density at radius 2 is 2.60 bits per heavy atom. The number of rotatable bonds is 1. The number of aromatic amines is 1. The van der Waals surface area contributed by atoms with E-state index < -0.39 is 0 Å². The van der Waals surface area contributed by atoms with Crippen LogP contribution in [0.15, 0.2) is 11.6 Å². The zero-order chi connectivity index (χ0) is 6.97. The minimum absolute atomic E-state index is 0.592. The zero-order valence-corrected chi connectivity index (χ0v) is 5.81. The largest absolute Gasteiger partial charge is 0.336 e. The second-order valence-electron chi connectivity index (χ2n) is 1.91. The van der Waals surface area contributed by atoms with Crippen LogP contribution in [0.4, 0.5) is 0 Å². The van der Waals surface area contributed by atoms with Gasteiger partial charge in [-0.1, -0.05) is 0 Å². The number of nitrogens with one attached hydrogen (secondary N) is 1. The summed E-state index contributed by atoms with van der Waals surface area (Å²) in [6, 6.07) is 1.79. The van der Waals surface area contributed by atoms with E-state index in [0.29, 0.717) is 5.69 Å². The maximum atomic E-state index is 10.2. The molecule has 10 heavy (non-hydrogen) atoms. The fourth-order valence-electron chi connectivity index (χ4n) is 0.829. The van der Waals surface area contributed by atoms with Crippen LogP contribution in [0.3, 0.4) is 0 Å². The highest BCUT2D eigenvalue weighted by molar-refractivity contribution is 7.16. The molecule has 0 amide bonds. The molecule has 0 aliphatic carbocycles. The predicted molar refractivity (Wildman–Crippen MR) is 39.4 cm³/mol. The summed E-state index contributed by atoms with van der Waals surface area (Å²) in [6.07, 6.45) is 0.786. The molecule has 3 nitrogen and oxygen atoms in total. The Morgan fingerprint density at radius 1 is 1.70 bits per heavy atom. The highest BCUT2D eigenvalue weighted by Gasteiger charge is 1.99. The van der Waals surface area contributed by atoms with E-state index in [4.69, 9.17) is 0 Å². The van der Waals surface area contributed by atoms with Gasteiger partial charge in [-0.05, 0) is 6.07 Å². The molecule has 0 bridgehead atoms. The normalized spacial score (nSPS) is 10.4. The Balaban J connectivity index is 2.78. The highest BCUT2D eigenvalue weighted by Crippen LogP contribution is 2.16. The van der Waals surface area contributed by atoms with Crippen molar-refractivity contribution in [2.75, 3.05) is 0 Å². The Kier molecular flexibility index (Phi) is 1.07. The summed E-state index contributed by atoms with van der Waals surface area (Å²) in [7, 11) is 0. The lowest BCUT2D eigenvalue weighted by molar-refractivity contribution is 0.112. The third-order valence-corrected chi connectivity index (χ3v) is 2.05. The number of hydrogen-bond acceptors (Lipinski definition) is 3. The molecule has 2 aromatic rings. The Labute approximate surface area is 60.7 Å². The van der Waals surface area contributed by atoms with Crippen LogP contribution in [-0.4, -0.2) is 16.3 Å². The van der Waals surface area contributed by atoms with Gasteiger partial charge < -0.3 is 4.98 Å². The molecule has 0 atom stereocenters. The van der Waals surface area contributed by atoms with E-state index in [9.17, 15) is 4.79 Å². The minimum Gasteiger partial charge on any atom is -0.336 e. The van der Waals surface area contributed by atoms with Gasteiger partial charge in [0.2, 0.25) is 0 Å². The third kappa shape index (κ3) is 0.657. The fourth-order valence-corrected chi connectivity index (χ4v) is 1.51. The first-order valence-corrected chi connectivity index (χ1v) is 3.65. The number of H-pyrrole nitrogens is 1. The van der Waals surface area contributed by atoms with Crippen LogP contribution in [-0.2, 0) is 0 Å². The summed E-state index contributed by atoms with van der Waals surface area (Å²) in [4.78, 5) is 17.1. The van der Waals surface area contributed by atoms with E-state index in [2.05, 4.69) is 9.97 Å². The average Bonchev–Trinajstić information content (AvgIpc) is 2.42. The van der Waals surface area contributed by atoms with Crippen molar-refractivity contribution < 1.29 is 4.79 Å². The van der Waals surface area contributed by atoms with Gasteiger partial charge in [0, 0.05) is 0 Å². The zero-order valence-electron chi connectivity index (χ0n) is 5.00. The fraction of sp³-hybridized carbons (Fsp3) is 0. The molecule has 2 heterocycles. The second kappa shape index (κ2) is 1.91. The standard InChI is InChI=1S/C6H4N2OS/c9-2-4-1-5-6(8-4)7-3-10-5/h1-3,8H. The maximum Gasteiger partial charge on any atom is 0.166 e. The molecule has 2 rings (SSSR count). The van der Waals surface area contributed by atoms with Crippen molar-refractivity contribution in [3.63, 3.8) is 0 Å². The molecule has 50 valence electrons. The average molecular weight is 152 g/mol. The molecule has 0 radical (unpaired) electrons. The van der Waals surface area contributed by atoms with E-state index in [1.54, 1.807) is 11.6 Å². The number of carbonyl (C=O) groups excluding carboxylic acids is 1. The van der Waals surface area contributed by atoms with E-state index in [0.717, 1.165) is 16.6 Å². The third-order valence-electron chi connectivity index (χ3n) is 1.27. The molecule has 0 saturated carbocycles. The smallest absolute Gasteiger partial charge is 0.166 e. The highest BCUT2D eigenvalue weighted by atomic mass is 32.1. The second-order valence-corrected chi connectivity index (χ2v) is 2.79. The first-order chi connectivity index (χ1) is 4.90. The van der Waals surface area contributed by atoms with Crippen molar-refractivity contribution in [3.05, 3.63) is 17.3 Å². The topological polar surface area (TPSA) is 45.8 Å². The molecule has 0 fully saturated rings. The molecule has 0 saturated heterocycles. The Morgan fingerprint density at radius 3 is 3.30 bits per heavy atom. The van der Waals surface area contributed by atoms with Gasteiger partial charge in [0.25, 0.3) is 0 Å². The quantitative estimate of drug-likeness (QED) is 0.628. The van der Waals surface area contributed by atoms with Gasteiger partial charge >= 0.3 is 0 Å². The van der Waals surface area contributed by atoms with Crippen LogP contribution in [0, 0.1) is 0 Å². The Bertz CT molecular complexity index is 334. The predicted octanol–water partition coefficient (Wildman–Crippen LogP) is 1.44. The summed E-state index contributed by atoms with van der Waals surface area (Å²) in [5, 5.41) is 0. The van der Waals surface area contributed by atoms with Gasteiger partial charge in [-0.25, -0.2) is 4.98 Å². The van der Waals surface area contributed by atoms with E-state index in [1.165, 1.54) is 11.3 Å². The Hall–Kier alpha value is -1.16. The molecule has 0 spiro atoms. The monoisotopic (exact) mass is 152 g/mol. The molecular weight excluding hydrogens is 148 g/mol. The van der Waals surface area contributed by atoms with Gasteiger partial charge in [-0.2, -0.15) is 0 Å². The van der Waals surface area contributed by atoms with E-state index in [1.807, 2.05) is 0 Å². The number of fused-ring (bicyclic) bond motifs is 1. The van der Waals surface area contributed by atoms with Gasteiger partial charge in [0.05, 0.1) is 15.9 Å². The number of aromatic nitrogens is 2. The lowest BCUT2D eigenvalue weighted by Crippen LogP contribution is -1.75. The van der Waals surface area contributed by atoms with Crippen molar-refractivity contribution in [1.29, 1.82) is 0 Å². The van der Waals surface area contributed by atoms with Crippen molar-refractivity contribution in [2.24, 2.45) is 0 Å². The molecule has 0 aromatic carbocycles. The minimum atomic E-state index is 0.592. The van der Waals surface area contributed by atoms with E-state index >= 15 is 0 Å². The SMILES string of the molecule is O=Cc1cc2scnc2[nH]1. The van der Waals surface area contributed by atoms with Crippen LogP contribution < -0.4 is 0 Å². The van der Waals surface area contributed by atoms with Gasteiger partial charge in [-0.3, -0.25) is 4.79 Å². The van der Waals surface area contributed by atoms with Crippen molar-refractivity contribution >= 4 is 28.0 Å². The lowest BCUT2D eigenvalue weighted by atomic mass is 10.5. The molecule has 0 aliphatic rings. The van der Waals surface area contributed by atoms with Crippen LogP contribution >= 0.6 is 11.3 Å². The number of nitrogens with zero attached hydrogens (tertiary/aromatic N) is 1. The molecule has 2 aromatic heterocycles. The number of hydrogen-bond donors (Lipinski definition) is 1.